The first-order valence-electron chi connectivity index (χ1n) is 13.6. The number of esters is 2. The summed E-state index contributed by atoms with van der Waals surface area (Å²) >= 11 is 0. The van der Waals surface area contributed by atoms with Crippen LogP contribution in [-0.4, -0.2) is 60.6 Å². The van der Waals surface area contributed by atoms with Crippen LogP contribution in [0.25, 0.3) is 0 Å². The van der Waals surface area contributed by atoms with Gasteiger partial charge >= 0.3 is 24.2 Å². The maximum Gasteiger partial charge on any atom is 0.491 e. The van der Waals surface area contributed by atoms with Crippen molar-refractivity contribution in [3.63, 3.8) is 0 Å². The first-order valence-corrected chi connectivity index (χ1v) is 13.6. The molecule has 13 heteroatoms. The number of rotatable bonds is 10. The van der Waals surface area contributed by atoms with Gasteiger partial charge in [-0.2, -0.15) is 13.2 Å². The molecule has 0 spiro atoms. The van der Waals surface area contributed by atoms with Gasteiger partial charge < -0.3 is 24.8 Å². The minimum atomic E-state index is -5.31. The van der Waals surface area contributed by atoms with Crippen molar-refractivity contribution in [3.05, 3.63) is 58.7 Å². The lowest BCUT2D eigenvalue weighted by Crippen LogP contribution is -2.47. The molecule has 0 saturated heterocycles. The number of carbonyl (C=O) groups excluding carboxylic acids is 5. The quantitative estimate of drug-likeness (QED) is 0.181. The second kappa shape index (κ2) is 13.3. The summed E-state index contributed by atoms with van der Waals surface area (Å²) in [6, 6.07) is 7.19. The third-order valence-corrected chi connectivity index (χ3v) is 6.20. The van der Waals surface area contributed by atoms with Gasteiger partial charge in [-0.3, -0.25) is 9.59 Å². The second-order valence-electron chi connectivity index (χ2n) is 11.1. The summed E-state index contributed by atoms with van der Waals surface area (Å²) in [7, 11) is 0. The highest BCUT2D eigenvalue weighted by atomic mass is 19.4. The lowest BCUT2D eigenvalue weighted by atomic mass is 9.82. The monoisotopic (exact) mass is 606 g/mol. The first kappa shape index (κ1) is 33.1. The molecule has 10 nitrogen and oxygen atoms in total. The number of benzene rings is 2. The van der Waals surface area contributed by atoms with Crippen LogP contribution in [0.2, 0.25) is 0 Å². The second-order valence-corrected chi connectivity index (χ2v) is 11.1. The molecule has 0 aromatic heterocycles. The molecular formula is C30H33F3N2O8. The van der Waals surface area contributed by atoms with E-state index in [4.69, 9.17) is 9.47 Å². The van der Waals surface area contributed by atoms with Crippen LogP contribution >= 0.6 is 0 Å². The van der Waals surface area contributed by atoms with Gasteiger partial charge in [0.1, 0.15) is 17.4 Å². The van der Waals surface area contributed by atoms with E-state index < -0.39 is 58.7 Å². The van der Waals surface area contributed by atoms with E-state index in [1.165, 1.54) is 24.3 Å². The number of halogens is 3. The molecule has 0 heterocycles. The smallest absolute Gasteiger partial charge is 0.464 e. The SMILES string of the molecule is CC(C)[C@H](NC(=O)OC(C)(C)C)C(=O)OCCCCNc1ccc(OC(=O)C(F)(F)F)c2c1C(=O)c1ccccc1C2=O. The molecule has 3 rings (SSSR count). The number of hydrogen-bond acceptors (Lipinski definition) is 9. The third-order valence-electron chi connectivity index (χ3n) is 6.20. The largest absolute Gasteiger partial charge is 0.491 e. The highest BCUT2D eigenvalue weighted by molar-refractivity contribution is 6.31. The Morgan fingerprint density at radius 3 is 2.05 bits per heavy atom. The lowest BCUT2D eigenvalue weighted by molar-refractivity contribution is -0.189. The van der Waals surface area contributed by atoms with E-state index in [0.29, 0.717) is 12.8 Å². The normalized spacial score (nSPS) is 13.5. The number of ketones is 2. The first-order chi connectivity index (χ1) is 20.0. The Balaban J connectivity index is 1.66. The molecule has 0 bridgehead atoms. The molecule has 1 atom stereocenters. The fraction of sp³-hybridized carbons (Fsp3) is 0.433. The minimum absolute atomic E-state index is 0.0228. The van der Waals surface area contributed by atoms with E-state index in [0.717, 1.165) is 6.07 Å². The van der Waals surface area contributed by atoms with Gasteiger partial charge in [0, 0.05) is 23.4 Å². The van der Waals surface area contributed by atoms with E-state index in [1.807, 2.05) is 0 Å². The van der Waals surface area contributed by atoms with Crippen molar-refractivity contribution >= 4 is 35.3 Å². The standard InChI is InChI=1S/C30H33F3N2O8/c1-16(2)23(35-28(40)43-29(3,4)5)26(38)41-15-9-8-14-34-19-12-13-20(42-27(39)30(31,32)33)22-21(19)24(36)17-10-6-7-11-18(17)25(22)37/h6-7,10-13,16,23,34H,8-9,14-15H2,1-5H3,(H,35,40)/t23-/m0/s1. The van der Waals surface area contributed by atoms with Crippen molar-refractivity contribution in [3.8, 4) is 5.75 Å². The average molecular weight is 607 g/mol. The van der Waals surface area contributed by atoms with E-state index in [1.54, 1.807) is 40.7 Å². The van der Waals surface area contributed by atoms with Crippen molar-refractivity contribution in [2.75, 3.05) is 18.5 Å². The number of alkyl carbamates (subject to hydrolysis) is 1. The van der Waals surface area contributed by atoms with Crippen molar-refractivity contribution in [1.29, 1.82) is 0 Å². The molecule has 1 amide bonds. The summed E-state index contributed by atoms with van der Waals surface area (Å²) in [6.45, 7) is 8.84. The molecular weight excluding hydrogens is 573 g/mol. The van der Waals surface area contributed by atoms with Crippen LogP contribution in [0.4, 0.5) is 23.7 Å². The van der Waals surface area contributed by atoms with Crippen LogP contribution in [-0.2, 0) is 19.1 Å². The number of hydrogen-bond donors (Lipinski definition) is 2. The topological polar surface area (TPSA) is 137 Å². The molecule has 1 aliphatic carbocycles. The summed E-state index contributed by atoms with van der Waals surface area (Å²) < 4.78 is 53.6. The Bertz CT molecular complexity index is 1410. The summed E-state index contributed by atoms with van der Waals surface area (Å²) in [5.41, 5.74) is -1.20. The van der Waals surface area contributed by atoms with Gasteiger partial charge in [0.25, 0.3) is 0 Å². The van der Waals surface area contributed by atoms with Crippen LogP contribution in [0.15, 0.2) is 36.4 Å². The van der Waals surface area contributed by atoms with Gasteiger partial charge in [-0.1, -0.05) is 38.1 Å². The van der Waals surface area contributed by atoms with Gasteiger partial charge in [-0.25, -0.2) is 14.4 Å². The van der Waals surface area contributed by atoms with E-state index >= 15 is 0 Å². The van der Waals surface area contributed by atoms with E-state index in [2.05, 4.69) is 15.4 Å². The van der Waals surface area contributed by atoms with Gasteiger partial charge in [-0.15, -0.1) is 0 Å². The Morgan fingerprint density at radius 1 is 0.884 bits per heavy atom. The molecule has 232 valence electrons. The Kier molecular flexibility index (Phi) is 10.2. The molecule has 2 N–H and O–H groups in total. The fourth-order valence-corrected chi connectivity index (χ4v) is 4.23. The molecule has 1 aliphatic rings. The average Bonchev–Trinajstić information content (AvgIpc) is 2.90. The number of unbranched alkanes of at least 4 members (excludes halogenated alkanes) is 1. The molecule has 2 aromatic carbocycles. The molecule has 0 unspecified atom stereocenters. The summed E-state index contributed by atoms with van der Waals surface area (Å²) in [5.74, 6) is -5.48. The number of amides is 1. The third kappa shape index (κ3) is 8.33. The summed E-state index contributed by atoms with van der Waals surface area (Å²) in [4.78, 5) is 62.7. The number of fused-ring (bicyclic) bond motifs is 2. The zero-order valence-corrected chi connectivity index (χ0v) is 24.3. The fourth-order valence-electron chi connectivity index (χ4n) is 4.23. The molecule has 0 fully saturated rings. The Hall–Kier alpha value is -4.42. The van der Waals surface area contributed by atoms with Gasteiger partial charge in [-0.05, 0) is 51.7 Å². The predicted molar refractivity (Wildman–Crippen MR) is 148 cm³/mol. The van der Waals surface area contributed by atoms with Crippen LogP contribution in [0, 0.1) is 5.92 Å². The minimum Gasteiger partial charge on any atom is -0.464 e. The van der Waals surface area contributed by atoms with Crippen molar-refractivity contribution < 1.29 is 51.4 Å². The van der Waals surface area contributed by atoms with Crippen LogP contribution < -0.4 is 15.4 Å². The van der Waals surface area contributed by atoms with E-state index in [9.17, 15) is 37.1 Å². The number of ether oxygens (including phenoxy) is 3. The van der Waals surface area contributed by atoms with Crippen molar-refractivity contribution in [2.24, 2.45) is 5.92 Å². The maximum atomic E-state index is 13.3. The molecule has 0 radical (unpaired) electrons. The summed E-state index contributed by atoms with van der Waals surface area (Å²) in [5, 5.41) is 5.51. The lowest BCUT2D eigenvalue weighted by Gasteiger charge is -2.24. The van der Waals surface area contributed by atoms with Crippen LogP contribution in [0.1, 0.15) is 79.3 Å². The number of carbonyl (C=O) groups is 5. The predicted octanol–water partition coefficient (Wildman–Crippen LogP) is 5.21. The van der Waals surface area contributed by atoms with Crippen molar-refractivity contribution in [1.82, 2.24) is 5.32 Å². The number of alkyl halides is 3. The maximum absolute atomic E-state index is 13.3. The van der Waals surface area contributed by atoms with Crippen molar-refractivity contribution in [2.45, 2.75) is 65.3 Å². The molecule has 0 aliphatic heterocycles. The Labute approximate surface area is 246 Å². The molecule has 2 aromatic rings. The highest BCUT2D eigenvalue weighted by Gasteiger charge is 2.43. The Morgan fingerprint density at radius 2 is 1.49 bits per heavy atom. The van der Waals surface area contributed by atoms with Gasteiger partial charge in [0.2, 0.25) is 0 Å². The van der Waals surface area contributed by atoms with Gasteiger partial charge in [0.15, 0.2) is 11.6 Å². The zero-order chi connectivity index (χ0) is 32.1. The molecule has 0 saturated carbocycles. The van der Waals surface area contributed by atoms with Crippen LogP contribution in [0.3, 0.4) is 0 Å². The zero-order valence-electron chi connectivity index (χ0n) is 24.3. The van der Waals surface area contributed by atoms with E-state index in [-0.39, 0.29) is 41.4 Å². The summed E-state index contributed by atoms with van der Waals surface area (Å²) in [6.07, 6.45) is -5.24. The van der Waals surface area contributed by atoms with Crippen LogP contribution in [0.5, 0.6) is 5.75 Å². The van der Waals surface area contributed by atoms with Gasteiger partial charge in [0.05, 0.1) is 17.7 Å². The molecule has 43 heavy (non-hydrogen) atoms. The number of nitrogens with one attached hydrogen (secondary N) is 2. The highest BCUT2D eigenvalue weighted by Crippen LogP contribution is 2.38. The number of anilines is 1.